The lowest BCUT2D eigenvalue weighted by Gasteiger charge is -2.08. The van der Waals surface area contributed by atoms with Crippen molar-refractivity contribution in [2.24, 2.45) is 0 Å². The predicted octanol–water partition coefficient (Wildman–Crippen LogP) is 3.33. The fourth-order valence-electron chi connectivity index (χ4n) is 2.81. The van der Waals surface area contributed by atoms with E-state index in [4.69, 9.17) is 4.74 Å². The molecule has 1 heterocycles. The Hall–Kier alpha value is -1.74. The quantitative estimate of drug-likeness (QED) is 0.866. The fraction of sp³-hybridized carbons (Fsp3) is 0.412. The van der Waals surface area contributed by atoms with Crippen molar-refractivity contribution in [3.63, 3.8) is 0 Å². The summed E-state index contributed by atoms with van der Waals surface area (Å²) in [6.07, 6.45) is 8.22. The number of hydrogen-bond acceptors (Lipinski definition) is 2. The largest absolute Gasteiger partial charge is 0.492 e. The second-order valence-electron chi connectivity index (χ2n) is 5.40. The van der Waals surface area contributed by atoms with Crippen LogP contribution < -0.4 is 4.74 Å². The number of nitrogens with zero attached hydrogens (tertiary/aromatic N) is 1. The van der Waals surface area contributed by atoms with Crippen molar-refractivity contribution >= 4 is 0 Å². The molecule has 3 nitrogen and oxygen atoms in total. The van der Waals surface area contributed by atoms with Gasteiger partial charge in [0.1, 0.15) is 12.4 Å². The third-order valence-electron chi connectivity index (χ3n) is 3.89. The molecule has 0 amide bonds. The molecular formula is C17H21NO2. The first kappa shape index (κ1) is 13.3. The molecule has 0 saturated heterocycles. The van der Waals surface area contributed by atoms with Gasteiger partial charge in [0, 0.05) is 18.0 Å². The zero-order valence-corrected chi connectivity index (χ0v) is 11.7. The standard InChI is InChI=1S/C17H21NO2/c19-17-9-5-4-6-14-12-18(13-16(14)17)10-11-20-15-7-2-1-3-8-15/h1-3,7-8,12-13,17,19H,4-6,9-11H2. The third kappa shape index (κ3) is 3.05. The summed E-state index contributed by atoms with van der Waals surface area (Å²) < 4.78 is 7.85. The Morgan fingerprint density at radius 2 is 2.00 bits per heavy atom. The molecule has 0 spiro atoms. The summed E-state index contributed by atoms with van der Waals surface area (Å²) in [5.41, 5.74) is 2.41. The Morgan fingerprint density at radius 1 is 1.15 bits per heavy atom. The lowest BCUT2D eigenvalue weighted by Crippen LogP contribution is -2.06. The molecule has 0 aliphatic heterocycles. The topological polar surface area (TPSA) is 34.4 Å². The number of ether oxygens (including phenoxy) is 1. The molecule has 1 N–H and O–H groups in total. The highest BCUT2D eigenvalue weighted by Crippen LogP contribution is 2.29. The molecule has 0 fully saturated rings. The highest BCUT2D eigenvalue weighted by Gasteiger charge is 2.18. The first-order valence-corrected chi connectivity index (χ1v) is 7.37. The number of aliphatic hydroxyl groups excluding tert-OH is 1. The lowest BCUT2D eigenvalue weighted by atomic mass is 10.1. The first-order valence-electron chi connectivity index (χ1n) is 7.37. The fourth-order valence-corrected chi connectivity index (χ4v) is 2.81. The van der Waals surface area contributed by atoms with Crippen molar-refractivity contribution in [1.82, 2.24) is 4.57 Å². The minimum absolute atomic E-state index is 0.288. The summed E-state index contributed by atoms with van der Waals surface area (Å²) in [6, 6.07) is 9.87. The van der Waals surface area contributed by atoms with Crippen molar-refractivity contribution in [2.45, 2.75) is 38.3 Å². The van der Waals surface area contributed by atoms with Crippen LogP contribution in [0.3, 0.4) is 0 Å². The Kier molecular flexibility index (Phi) is 4.07. The first-order chi connectivity index (χ1) is 9.83. The Balaban J connectivity index is 1.60. The molecule has 1 aromatic heterocycles. The number of rotatable bonds is 4. The van der Waals surface area contributed by atoms with E-state index in [9.17, 15) is 5.11 Å². The van der Waals surface area contributed by atoms with Gasteiger partial charge in [-0.3, -0.25) is 0 Å². The highest BCUT2D eigenvalue weighted by molar-refractivity contribution is 5.28. The van der Waals surface area contributed by atoms with Crippen molar-refractivity contribution in [3.05, 3.63) is 53.9 Å². The van der Waals surface area contributed by atoms with Crippen molar-refractivity contribution in [3.8, 4) is 5.75 Å². The number of aromatic nitrogens is 1. The Morgan fingerprint density at radius 3 is 2.85 bits per heavy atom. The molecule has 3 heteroatoms. The van der Waals surface area contributed by atoms with Gasteiger partial charge < -0.3 is 14.4 Å². The summed E-state index contributed by atoms with van der Waals surface area (Å²) in [7, 11) is 0. The van der Waals surface area contributed by atoms with E-state index in [1.54, 1.807) is 0 Å². The molecule has 0 bridgehead atoms. The third-order valence-corrected chi connectivity index (χ3v) is 3.89. The van der Waals surface area contributed by atoms with Gasteiger partial charge >= 0.3 is 0 Å². The van der Waals surface area contributed by atoms with E-state index in [-0.39, 0.29) is 6.10 Å². The van der Waals surface area contributed by atoms with E-state index in [0.717, 1.165) is 37.1 Å². The van der Waals surface area contributed by atoms with Crippen LogP contribution in [0, 0.1) is 0 Å². The monoisotopic (exact) mass is 271 g/mol. The van der Waals surface area contributed by atoms with Gasteiger partial charge in [-0.15, -0.1) is 0 Å². The molecule has 1 aliphatic carbocycles. The van der Waals surface area contributed by atoms with Gasteiger partial charge in [0.15, 0.2) is 0 Å². The average molecular weight is 271 g/mol. The van der Waals surface area contributed by atoms with E-state index in [2.05, 4.69) is 17.0 Å². The van der Waals surface area contributed by atoms with Crippen molar-refractivity contribution in [2.75, 3.05) is 6.61 Å². The van der Waals surface area contributed by atoms with Gasteiger partial charge in [0.2, 0.25) is 0 Å². The normalized spacial score (nSPS) is 18.4. The van der Waals surface area contributed by atoms with Crippen LogP contribution in [0.5, 0.6) is 5.75 Å². The molecule has 1 unspecified atom stereocenters. The van der Waals surface area contributed by atoms with Crippen LogP contribution in [-0.4, -0.2) is 16.3 Å². The average Bonchev–Trinajstić information content (AvgIpc) is 2.80. The van der Waals surface area contributed by atoms with Gasteiger partial charge in [-0.05, 0) is 37.0 Å². The summed E-state index contributed by atoms with van der Waals surface area (Å²) in [5, 5.41) is 10.1. The van der Waals surface area contributed by atoms with E-state index in [1.165, 1.54) is 12.0 Å². The minimum atomic E-state index is -0.288. The van der Waals surface area contributed by atoms with Gasteiger partial charge in [0.25, 0.3) is 0 Å². The smallest absolute Gasteiger partial charge is 0.119 e. The number of benzene rings is 1. The summed E-state index contributed by atoms with van der Waals surface area (Å²) in [4.78, 5) is 0. The van der Waals surface area contributed by atoms with Crippen LogP contribution in [0.1, 0.15) is 36.5 Å². The summed E-state index contributed by atoms with van der Waals surface area (Å²) in [6.45, 7) is 1.46. The van der Waals surface area contributed by atoms with Crippen molar-refractivity contribution < 1.29 is 9.84 Å². The SMILES string of the molecule is OC1CCCCc2cn(CCOc3ccccc3)cc21. The highest BCUT2D eigenvalue weighted by atomic mass is 16.5. The lowest BCUT2D eigenvalue weighted by molar-refractivity contribution is 0.166. The van der Waals surface area contributed by atoms with E-state index in [1.807, 2.05) is 30.3 Å². The molecule has 0 radical (unpaired) electrons. The van der Waals surface area contributed by atoms with Crippen LogP contribution >= 0.6 is 0 Å². The number of aryl methyl sites for hydroxylation is 1. The van der Waals surface area contributed by atoms with Gasteiger partial charge in [0.05, 0.1) is 12.6 Å². The summed E-state index contributed by atoms with van der Waals surface area (Å²) >= 11 is 0. The number of para-hydroxylation sites is 1. The van der Waals surface area contributed by atoms with Gasteiger partial charge in [-0.2, -0.15) is 0 Å². The molecule has 20 heavy (non-hydrogen) atoms. The van der Waals surface area contributed by atoms with Gasteiger partial charge in [-0.1, -0.05) is 24.6 Å². The predicted molar refractivity (Wildman–Crippen MR) is 78.9 cm³/mol. The zero-order chi connectivity index (χ0) is 13.8. The maximum absolute atomic E-state index is 10.1. The molecule has 0 saturated carbocycles. The maximum atomic E-state index is 10.1. The summed E-state index contributed by atoms with van der Waals surface area (Å²) in [5.74, 6) is 0.904. The minimum Gasteiger partial charge on any atom is -0.492 e. The molecule has 2 aromatic rings. The molecular weight excluding hydrogens is 250 g/mol. The Labute approximate surface area is 119 Å². The number of aliphatic hydroxyl groups is 1. The molecule has 3 rings (SSSR count). The zero-order valence-electron chi connectivity index (χ0n) is 11.7. The Bertz CT molecular complexity index is 547. The van der Waals surface area contributed by atoms with Crippen LogP contribution in [0.15, 0.2) is 42.7 Å². The van der Waals surface area contributed by atoms with E-state index >= 15 is 0 Å². The van der Waals surface area contributed by atoms with Crippen LogP contribution in [-0.2, 0) is 13.0 Å². The van der Waals surface area contributed by atoms with Crippen LogP contribution in [0.2, 0.25) is 0 Å². The number of hydrogen-bond donors (Lipinski definition) is 1. The van der Waals surface area contributed by atoms with E-state index in [0.29, 0.717) is 6.61 Å². The number of fused-ring (bicyclic) bond motifs is 1. The second-order valence-corrected chi connectivity index (χ2v) is 5.40. The van der Waals surface area contributed by atoms with E-state index < -0.39 is 0 Å². The van der Waals surface area contributed by atoms with Crippen LogP contribution in [0.4, 0.5) is 0 Å². The second kappa shape index (κ2) is 6.14. The molecule has 1 aliphatic rings. The van der Waals surface area contributed by atoms with Gasteiger partial charge in [-0.25, -0.2) is 0 Å². The molecule has 106 valence electrons. The maximum Gasteiger partial charge on any atom is 0.119 e. The van der Waals surface area contributed by atoms with Crippen LogP contribution in [0.25, 0.3) is 0 Å². The van der Waals surface area contributed by atoms with Crippen molar-refractivity contribution in [1.29, 1.82) is 0 Å². The molecule has 1 atom stereocenters. The molecule has 1 aromatic carbocycles.